The first-order valence-corrected chi connectivity index (χ1v) is 7.78. The Morgan fingerprint density at radius 2 is 1.92 bits per heavy atom. The average Bonchev–Trinajstić information content (AvgIpc) is 2.56. The lowest BCUT2D eigenvalue weighted by Gasteiger charge is -2.22. The van der Waals surface area contributed by atoms with Gasteiger partial charge >= 0.3 is 0 Å². The second kappa shape index (κ2) is 8.02. The zero-order valence-corrected chi connectivity index (χ0v) is 14.5. The van der Waals surface area contributed by atoms with Crippen molar-refractivity contribution in [2.75, 3.05) is 14.2 Å². The number of methoxy groups -OCH3 is 1. The van der Waals surface area contributed by atoms with Crippen molar-refractivity contribution in [3.8, 4) is 11.5 Å². The van der Waals surface area contributed by atoms with Gasteiger partial charge in [-0.2, -0.15) is 0 Å². The molecular weight excluding hydrogens is 333 g/mol. The van der Waals surface area contributed by atoms with Gasteiger partial charge in [0.2, 0.25) is 0 Å². The van der Waals surface area contributed by atoms with Crippen molar-refractivity contribution in [1.82, 2.24) is 4.90 Å². The van der Waals surface area contributed by atoms with Crippen LogP contribution in [-0.4, -0.2) is 31.1 Å². The molecule has 2 rings (SSSR count). The molecular formula is C18H19ClFNO3. The Bertz CT molecular complexity index is 706. The van der Waals surface area contributed by atoms with Crippen molar-refractivity contribution in [3.05, 3.63) is 58.9 Å². The molecule has 0 aliphatic heterocycles. The van der Waals surface area contributed by atoms with Crippen LogP contribution in [0, 0.1) is 5.82 Å². The molecule has 0 aliphatic rings. The molecule has 0 saturated carbocycles. The van der Waals surface area contributed by atoms with Crippen molar-refractivity contribution in [2.24, 2.45) is 0 Å². The van der Waals surface area contributed by atoms with Gasteiger partial charge in [0.1, 0.15) is 5.75 Å². The third kappa shape index (κ3) is 4.61. The maximum atomic E-state index is 13.7. The molecule has 1 unspecified atom stereocenters. The highest BCUT2D eigenvalue weighted by molar-refractivity contribution is 6.30. The Labute approximate surface area is 145 Å². The fraction of sp³-hybridized carbons (Fsp3) is 0.278. The molecule has 4 nitrogen and oxygen atoms in total. The minimum absolute atomic E-state index is 0.173. The lowest BCUT2D eigenvalue weighted by molar-refractivity contribution is -0.137. The van der Waals surface area contributed by atoms with Crippen molar-refractivity contribution in [3.63, 3.8) is 0 Å². The number of rotatable bonds is 6. The zero-order chi connectivity index (χ0) is 17.7. The number of benzene rings is 2. The van der Waals surface area contributed by atoms with Gasteiger partial charge in [-0.05, 0) is 48.9 Å². The molecule has 0 radical (unpaired) electrons. The number of amides is 1. The molecule has 1 atom stereocenters. The molecule has 0 heterocycles. The molecule has 0 aromatic heterocycles. The van der Waals surface area contributed by atoms with E-state index in [1.54, 1.807) is 44.3 Å². The van der Waals surface area contributed by atoms with Crippen LogP contribution in [0.15, 0.2) is 42.5 Å². The summed E-state index contributed by atoms with van der Waals surface area (Å²) in [5.74, 6) is 0.0683. The molecule has 0 bridgehead atoms. The molecule has 0 fully saturated rings. The van der Waals surface area contributed by atoms with E-state index in [2.05, 4.69) is 0 Å². The number of hydrogen-bond acceptors (Lipinski definition) is 3. The first-order chi connectivity index (χ1) is 11.4. The fourth-order valence-corrected chi connectivity index (χ4v) is 2.36. The number of halogens is 2. The van der Waals surface area contributed by atoms with Gasteiger partial charge in [0, 0.05) is 18.6 Å². The fourth-order valence-electron chi connectivity index (χ4n) is 2.24. The van der Waals surface area contributed by atoms with Gasteiger partial charge < -0.3 is 14.4 Å². The summed E-state index contributed by atoms with van der Waals surface area (Å²) >= 11 is 5.82. The van der Waals surface area contributed by atoms with Gasteiger partial charge in [-0.25, -0.2) is 4.39 Å². The van der Waals surface area contributed by atoms with Gasteiger partial charge in [0.15, 0.2) is 17.7 Å². The van der Waals surface area contributed by atoms with Crippen molar-refractivity contribution >= 4 is 17.5 Å². The lowest BCUT2D eigenvalue weighted by atomic mass is 10.2. The van der Waals surface area contributed by atoms with Gasteiger partial charge in [0.05, 0.1) is 7.11 Å². The van der Waals surface area contributed by atoms with Crippen molar-refractivity contribution < 1.29 is 18.7 Å². The Hall–Kier alpha value is -2.27. The smallest absolute Gasteiger partial charge is 0.263 e. The van der Waals surface area contributed by atoms with Crippen LogP contribution in [0.3, 0.4) is 0 Å². The zero-order valence-electron chi connectivity index (χ0n) is 13.8. The number of carbonyl (C=O) groups excluding carboxylic acids is 1. The number of likely N-dealkylation sites (N-methyl/N-ethyl adjacent to an activating group) is 1. The van der Waals surface area contributed by atoms with Gasteiger partial charge in [-0.1, -0.05) is 17.7 Å². The molecule has 1 amide bonds. The van der Waals surface area contributed by atoms with E-state index in [4.69, 9.17) is 21.1 Å². The summed E-state index contributed by atoms with van der Waals surface area (Å²) in [7, 11) is 3.05. The molecule has 2 aromatic rings. The molecule has 24 heavy (non-hydrogen) atoms. The predicted molar refractivity (Wildman–Crippen MR) is 91.0 cm³/mol. The summed E-state index contributed by atoms with van der Waals surface area (Å²) in [6.07, 6.45) is -0.667. The van der Waals surface area contributed by atoms with E-state index in [1.165, 1.54) is 24.1 Å². The summed E-state index contributed by atoms with van der Waals surface area (Å²) < 4.78 is 24.2. The largest absolute Gasteiger partial charge is 0.494 e. The average molecular weight is 352 g/mol. The Morgan fingerprint density at radius 1 is 1.25 bits per heavy atom. The maximum absolute atomic E-state index is 13.7. The molecule has 0 spiro atoms. The van der Waals surface area contributed by atoms with E-state index in [-0.39, 0.29) is 18.2 Å². The van der Waals surface area contributed by atoms with Gasteiger partial charge in [0.25, 0.3) is 5.91 Å². The normalized spacial score (nSPS) is 11.7. The van der Waals surface area contributed by atoms with E-state index >= 15 is 0 Å². The Balaban J connectivity index is 1.98. The second-order valence-corrected chi connectivity index (χ2v) is 5.81. The molecule has 6 heteroatoms. The van der Waals surface area contributed by atoms with Crippen LogP contribution >= 0.6 is 11.6 Å². The molecule has 128 valence electrons. The van der Waals surface area contributed by atoms with E-state index in [1.807, 2.05) is 0 Å². The van der Waals surface area contributed by atoms with E-state index in [0.29, 0.717) is 16.3 Å². The van der Waals surface area contributed by atoms with Crippen LogP contribution < -0.4 is 9.47 Å². The third-order valence-electron chi connectivity index (χ3n) is 3.49. The molecule has 0 saturated heterocycles. The van der Waals surface area contributed by atoms with Crippen LogP contribution in [0.25, 0.3) is 0 Å². The van der Waals surface area contributed by atoms with E-state index in [0.717, 1.165) is 0 Å². The van der Waals surface area contributed by atoms with Crippen LogP contribution in [0.2, 0.25) is 5.02 Å². The summed E-state index contributed by atoms with van der Waals surface area (Å²) in [5.41, 5.74) is 0.669. The van der Waals surface area contributed by atoms with E-state index in [9.17, 15) is 9.18 Å². The maximum Gasteiger partial charge on any atom is 0.263 e. The summed E-state index contributed by atoms with van der Waals surface area (Å²) in [6.45, 7) is 1.94. The van der Waals surface area contributed by atoms with Crippen LogP contribution in [0.1, 0.15) is 12.5 Å². The van der Waals surface area contributed by atoms with Crippen LogP contribution in [-0.2, 0) is 11.3 Å². The third-order valence-corrected chi connectivity index (χ3v) is 3.74. The Morgan fingerprint density at radius 3 is 2.50 bits per heavy atom. The SMILES string of the molecule is COc1ccc(CN(C)C(=O)C(C)Oc2ccc(Cl)cc2)cc1F. The van der Waals surface area contributed by atoms with Gasteiger partial charge in [-0.15, -0.1) is 0 Å². The monoisotopic (exact) mass is 351 g/mol. The van der Waals surface area contributed by atoms with Gasteiger partial charge in [-0.3, -0.25) is 4.79 Å². The molecule has 2 aromatic carbocycles. The number of hydrogen-bond donors (Lipinski definition) is 0. The predicted octanol–water partition coefficient (Wildman–Crippen LogP) is 3.91. The minimum atomic E-state index is -0.667. The summed E-state index contributed by atoms with van der Waals surface area (Å²) in [4.78, 5) is 13.9. The topological polar surface area (TPSA) is 38.8 Å². The van der Waals surface area contributed by atoms with Crippen LogP contribution in [0.5, 0.6) is 11.5 Å². The standard InChI is InChI=1S/C18H19ClFNO3/c1-12(24-15-7-5-14(19)6-8-15)18(22)21(2)11-13-4-9-17(23-3)16(20)10-13/h4-10,12H,11H2,1-3H3. The minimum Gasteiger partial charge on any atom is -0.494 e. The first kappa shape index (κ1) is 18.1. The van der Waals surface area contributed by atoms with Crippen molar-refractivity contribution in [2.45, 2.75) is 19.6 Å². The number of ether oxygens (including phenoxy) is 2. The lowest BCUT2D eigenvalue weighted by Crippen LogP contribution is -2.37. The highest BCUT2D eigenvalue weighted by atomic mass is 35.5. The number of nitrogens with zero attached hydrogens (tertiary/aromatic N) is 1. The first-order valence-electron chi connectivity index (χ1n) is 7.40. The van der Waals surface area contributed by atoms with Crippen molar-refractivity contribution in [1.29, 1.82) is 0 Å². The Kier molecular flexibility index (Phi) is 6.04. The second-order valence-electron chi connectivity index (χ2n) is 5.38. The van der Waals surface area contributed by atoms with E-state index < -0.39 is 11.9 Å². The molecule has 0 N–H and O–H groups in total. The quantitative estimate of drug-likeness (QED) is 0.792. The summed E-state index contributed by atoms with van der Waals surface area (Å²) in [5, 5.41) is 0.597. The number of carbonyl (C=O) groups is 1. The highest BCUT2D eigenvalue weighted by Gasteiger charge is 2.19. The summed E-state index contributed by atoms with van der Waals surface area (Å²) in [6, 6.07) is 11.4. The van der Waals surface area contributed by atoms with Crippen LogP contribution in [0.4, 0.5) is 4.39 Å². The highest BCUT2D eigenvalue weighted by Crippen LogP contribution is 2.20. The molecule has 0 aliphatic carbocycles.